The Hall–Kier alpha value is -2.55. The molecule has 2 aromatic carbocycles. The van der Waals surface area contributed by atoms with Crippen LogP contribution < -0.4 is 10.5 Å². The first-order chi connectivity index (χ1) is 9.75. The summed E-state index contributed by atoms with van der Waals surface area (Å²) < 4.78 is 5.99. The van der Waals surface area contributed by atoms with Crippen molar-refractivity contribution in [3.63, 3.8) is 0 Å². The molecule has 1 heterocycles. The average Bonchev–Trinajstić information content (AvgIpc) is 2.51. The first-order valence-electron chi connectivity index (χ1n) is 6.60. The van der Waals surface area contributed by atoms with E-state index in [1.54, 1.807) is 6.20 Å². The van der Waals surface area contributed by atoms with Crippen LogP contribution in [0.1, 0.15) is 18.6 Å². The lowest BCUT2D eigenvalue weighted by Crippen LogP contribution is -2.05. The van der Waals surface area contributed by atoms with Crippen molar-refractivity contribution >= 4 is 16.6 Å². The van der Waals surface area contributed by atoms with Crippen molar-refractivity contribution in [3.05, 3.63) is 66.4 Å². The van der Waals surface area contributed by atoms with Gasteiger partial charge in [0.25, 0.3) is 0 Å². The molecule has 0 aliphatic rings. The monoisotopic (exact) mass is 264 g/mol. The van der Waals surface area contributed by atoms with E-state index < -0.39 is 0 Å². The minimum absolute atomic E-state index is 0.0485. The highest BCUT2D eigenvalue weighted by atomic mass is 16.5. The highest BCUT2D eigenvalue weighted by Gasteiger charge is 2.11. The van der Waals surface area contributed by atoms with Crippen LogP contribution in [0.4, 0.5) is 5.69 Å². The van der Waals surface area contributed by atoms with Crippen molar-refractivity contribution < 1.29 is 4.74 Å². The Morgan fingerprint density at radius 2 is 1.80 bits per heavy atom. The van der Waals surface area contributed by atoms with E-state index in [2.05, 4.69) is 4.98 Å². The van der Waals surface area contributed by atoms with Crippen LogP contribution in [-0.4, -0.2) is 4.98 Å². The van der Waals surface area contributed by atoms with Crippen molar-refractivity contribution in [3.8, 4) is 5.75 Å². The number of fused-ring (bicyclic) bond motifs is 1. The number of nitrogen functional groups attached to an aromatic ring is 1. The van der Waals surface area contributed by atoms with E-state index in [0.717, 1.165) is 16.5 Å². The number of pyridine rings is 1. The fraction of sp³-hybridized carbons (Fsp3) is 0.118. The SMILES string of the molecule is CC(Oc1ccc2ncccc2c1N)c1ccccc1. The number of hydrogen-bond acceptors (Lipinski definition) is 3. The number of nitrogens with two attached hydrogens (primary N) is 1. The summed E-state index contributed by atoms with van der Waals surface area (Å²) in [7, 11) is 0. The van der Waals surface area contributed by atoms with Gasteiger partial charge in [-0.2, -0.15) is 0 Å². The molecule has 0 radical (unpaired) electrons. The van der Waals surface area contributed by atoms with Crippen LogP contribution in [0, 0.1) is 0 Å². The molecule has 0 amide bonds. The maximum atomic E-state index is 6.18. The van der Waals surface area contributed by atoms with Crippen LogP contribution in [0.25, 0.3) is 10.9 Å². The Morgan fingerprint density at radius 3 is 2.60 bits per heavy atom. The van der Waals surface area contributed by atoms with Crippen LogP contribution in [0.2, 0.25) is 0 Å². The van der Waals surface area contributed by atoms with E-state index >= 15 is 0 Å². The molecular weight excluding hydrogens is 248 g/mol. The number of hydrogen-bond donors (Lipinski definition) is 1. The maximum absolute atomic E-state index is 6.18. The predicted molar refractivity (Wildman–Crippen MR) is 81.6 cm³/mol. The van der Waals surface area contributed by atoms with Gasteiger partial charge in [-0.3, -0.25) is 4.98 Å². The molecule has 0 bridgehead atoms. The molecule has 0 saturated heterocycles. The molecule has 3 heteroatoms. The Kier molecular flexibility index (Phi) is 3.25. The second-order valence-corrected chi connectivity index (χ2v) is 4.72. The molecule has 1 aromatic heterocycles. The summed E-state index contributed by atoms with van der Waals surface area (Å²) in [6, 6.07) is 17.7. The van der Waals surface area contributed by atoms with Gasteiger partial charge in [0.05, 0.1) is 11.2 Å². The quantitative estimate of drug-likeness (QED) is 0.728. The van der Waals surface area contributed by atoms with Crippen LogP contribution in [0.5, 0.6) is 5.75 Å². The van der Waals surface area contributed by atoms with Gasteiger partial charge in [-0.1, -0.05) is 30.3 Å². The lowest BCUT2D eigenvalue weighted by Gasteiger charge is -2.17. The fourth-order valence-electron chi connectivity index (χ4n) is 2.24. The van der Waals surface area contributed by atoms with Crippen LogP contribution in [0.15, 0.2) is 60.8 Å². The van der Waals surface area contributed by atoms with Crippen LogP contribution in [0.3, 0.4) is 0 Å². The Balaban J connectivity index is 1.93. The standard InChI is InChI=1S/C17H16N2O/c1-12(13-6-3-2-4-7-13)20-16-10-9-15-14(17(16)18)8-5-11-19-15/h2-12H,18H2,1H3. The highest BCUT2D eigenvalue weighted by Crippen LogP contribution is 2.32. The Bertz CT molecular complexity index is 725. The number of aromatic nitrogens is 1. The Labute approximate surface area is 118 Å². The van der Waals surface area contributed by atoms with Gasteiger partial charge in [0, 0.05) is 11.6 Å². The molecule has 1 unspecified atom stereocenters. The summed E-state index contributed by atoms with van der Waals surface area (Å²) in [6.07, 6.45) is 1.71. The molecule has 3 nitrogen and oxygen atoms in total. The number of benzene rings is 2. The van der Waals surface area contributed by atoms with Crippen molar-refractivity contribution in [2.45, 2.75) is 13.0 Å². The molecule has 1 atom stereocenters. The summed E-state index contributed by atoms with van der Waals surface area (Å²) in [4.78, 5) is 4.28. The third-order valence-corrected chi connectivity index (χ3v) is 3.36. The summed E-state index contributed by atoms with van der Waals surface area (Å²) in [5, 5.41) is 0.922. The van der Waals surface area contributed by atoms with Gasteiger partial charge in [-0.25, -0.2) is 0 Å². The van der Waals surface area contributed by atoms with Gasteiger partial charge in [0.2, 0.25) is 0 Å². The molecule has 3 aromatic rings. The third kappa shape index (κ3) is 2.30. The summed E-state index contributed by atoms with van der Waals surface area (Å²) in [5.74, 6) is 0.696. The molecule has 0 spiro atoms. The van der Waals surface area contributed by atoms with E-state index in [4.69, 9.17) is 10.5 Å². The van der Waals surface area contributed by atoms with E-state index in [1.165, 1.54) is 0 Å². The molecular formula is C17H16N2O. The average molecular weight is 264 g/mol. The molecule has 100 valence electrons. The topological polar surface area (TPSA) is 48.1 Å². The molecule has 2 N–H and O–H groups in total. The number of rotatable bonds is 3. The first kappa shape index (κ1) is 12.5. The molecule has 0 saturated carbocycles. The number of ether oxygens (including phenoxy) is 1. The normalized spacial score (nSPS) is 12.2. The van der Waals surface area contributed by atoms with Gasteiger partial charge in [0.1, 0.15) is 11.9 Å². The third-order valence-electron chi connectivity index (χ3n) is 3.36. The zero-order chi connectivity index (χ0) is 13.9. The van der Waals surface area contributed by atoms with Crippen molar-refractivity contribution in [1.82, 2.24) is 4.98 Å². The fourth-order valence-corrected chi connectivity index (χ4v) is 2.24. The predicted octanol–water partition coefficient (Wildman–Crippen LogP) is 3.96. The summed E-state index contributed by atoms with van der Waals surface area (Å²) >= 11 is 0. The molecule has 3 rings (SSSR count). The van der Waals surface area contributed by atoms with Gasteiger partial charge < -0.3 is 10.5 Å². The van der Waals surface area contributed by atoms with E-state index in [-0.39, 0.29) is 6.10 Å². The molecule has 0 aliphatic heterocycles. The van der Waals surface area contributed by atoms with Crippen molar-refractivity contribution in [1.29, 1.82) is 0 Å². The first-order valence-corrected chi connectivity index (χ1v) is 6.60. The largest absolute Gasteiger partial charge is 0.484 e. The Morgan fingerprint density at radius 1 is 1.00 bits per heavy atom. The second kappa shape index (κ2) is 5.21. The lowest BCUT2D eigenvalue weighted by atomic mass is 10.1. The second-order valence-electron chi connectivity index (χ2n) is 4.72. The van der Waals surface area contributed by atoms with Crippen LogP contribution >= 0.6 is 0 Å². The maximum Gasteiger partial charge on any atom is 0.143 e. The zero-order valence-corrected chi connectivity index (χ0v) is 11.3. The van der Waals surface area contributed by atoms with E-state index in [1.807, 2.05) is 61.5 Å². The number of nitrogens with zero attached hydrogens (tertiary/aromatic N) is 1. The molecule has 20 heavy (non-hydrogen) atoms. The summed E-state index contributed by atoms with van der Waals surface area (Å²) in [6.45, 7) is 2.02. The molecule has 0 aliphatic carbocycles. The summed E-state index contributed by atoms with van der Waals surface area (Å²) in [5.41, 5.74) is 8.82. The highest BCUT2D eigenvalue weighted by molar-refractivity contribution is 5.93. The zero-order valence-electron chi connectivity index (χ0n) is 11.3. The van der Waals surface area contributed by atoms with Gasteiger partial charge >= 0.3 is 0 Å². The number of anilines is 1. The van der Waals surface area contributed by atoms with Gasteiger partial charge in [0.15, 0.2) is 0 Å². The van der Waals surface area contributed by atoms with Gasteiger partial charge in [-0.15, -0.1) is 0 Å². The van der Waals surface area contributed by atoms with Crippen molar-refractivity contribution in [2.75, 3.05) is 5.73 Å². The van der Waals surface area contributed by atoms with E-state index in [0.29, 0.717) is 11.4 Å². The molecule has 0 fully saturated rings. The van der Waals surface area contributed by atoms with Crippen LogP contribution in [-0.2, 0) is 0 Å². The van der Waals surface area contributed by atoms with Gasteiger partial charge in [-0.05, 0) is 36.8 Å². The van der Waals surface area contributed by atoms with E-state index in [9.17, 15) is 0 Å². The smallest absolute Gasteiger partial charge is 0.143 e. The lowest BCUT2D eigenvalue weighted by molar-refractivity contribution is 0.228. The minimum Gasteiger partial charge on any atom is -0.484 e. The van der Waals surface area contributed by atoms with Crippen molar-refractivity contribution in [2.24, 2.45) is 0 Å². The minimum atomic E-state index is -0.0485.